The number of aliphatic hydroxyl groups excluding tert-OH is 1. The Hall–Kier alpha value is -4.72. The third-order valence-corrected chi connectivity index (χ3v) is 5.71. The summed E-state index contributed by atoms with van der Waals surface area (Å²) in [6.45, 7) is 6.00. The van der Waals surface area contributed by atoms with Crippen molar-refractivity contribution >= 4 is 6.09 Å². The van der Waals surface area contributed by atoms with Gasteiger partial charge in [0.15, 0.2) is 0 Å². The van der Waals surface area contributed by atoms with Crippen molar-refractivity contribution in [3.63, 3.8) is 0 Å². The maximum absolute atomic E-state index is 12.8. The Balaban J connectivity index is 1.32. The minimum Gasteiger partial charge on any atom is -0.511 e. The summed E-state index contributed by atoms with van der Waals surface area (Å²) < 4.78 is 22.3. The van der Waals surface area contributed by atoms with Gasteiger partial charge < -0.3 is 23.7 Å². The van der Waals surface area contributed by atoms with Crippen molar-refractivity contribution in [1.82, 2.24) is 9.88 Å². The number of rotatable bonds is 11. The van der Waals surface area contributed by atoms with E-state index in [1.165, 1.54) is 4.90 Å². The summed E-state index contributed by atoms with van der Waals surface area (Å²) in [6, 6.07) is 23.8. The topological polar surface area (TPSA) is 94.3 Å². The maximum Gasteiger partial charge on any atom is 0.415 e. The summed E-state index contributed by atoms with van der Waals surface area (Å²) in [4.78, 5) is 18.7. The standard InChI is InChI=1S/C30H30N2O6/c1-21(33)19-32(30(34)38-27-15-13-25(35-3)14-16-27)20-23-9-11-26(12-10-23)36-18-17-28-22(2)37-29(31-28)24-7-5-4-6-8-24/h4-16,33H,1,17-20H2,2-3H3. The second kappa shape index (κ2) is 12.5. The summed E-state index contributed by atoms with van der Waals surface area (Å²) in [5.74, 6) is 2.94. The van der Waals surface area contributed by atoms with Gasteiger partial charge in [0.25, 0.3) is 0 Å². The largest absolute Gasteiger partial charge is 0.511 e. The molecule has 8 nitrogen and oxygen atoms in total. The normalized spacial score (nSPS) is 10.6. The number of hydrogen-bond donors (Lipinski definition) is 1. The number of amides is 1. The summed E-state index contributed by atoms with van der Waals surface area (Å²) in [6.07, 6.45) is -0.00316. The number of aromatic nitrogens is 1. The molecule has 0 atom stereocenters. The second-order valence-electron chi connectivity index (χ2n) is 8.60. The SMILES string of the molecule is C=C(O)CN(Cc1ccc(OCCc2nc(-c3ccccc3)oc2C)cc1)C(=O)Oc1ccc(OC)cc1. The Morgan fingerprint density at radius 2 is 1.63 bits per heavy atom. The fourth-order valence-corrected chi connectivity index (χ4v) is 3.76. The van der Waals surface area contributed by atoms with Crippen LogP contribution in [0.3, 0.4) is 0 Å². The minimum absolute atomic E-state index is 0.0603. The number of nitrogens with zero attached hydrogens (tertiary/aromatic N) is 2. The van der Waals surface area contributed by atoms with Gasteiger partial charge in [-0.25, -0.2) is 9.78 Å². The third kappa shape index (κ3) is 7.16. The first kappa shape index (κ1) is 26.3. The smallest absolute Gasteiger partial charge is 0.415 e. The molecule has 1 aromatic heterocycles. The number of aryl methyl sites for hydroxylation is 1. The molecule has 1 heterocycles. The number of aliphatic hydroxyl groups is 1. The number of hydrogen-bond acceptors (Lipinski definition) is 7. The lowest BCUT2D eigenvalue weighted by Crippen LogP contribution is -2.34. The fraction of sp³-hybridized carbons (Fsp3) is 0.200. The molecular formula is C30H30N2O6. The van der Waals surface area contributed by atoms with E-state index in [-0.39, 0.29) is 18.8 Å². The van der Waals surface area contributed by atoms with Gasteiger partial charge in [-0.15, -0.1) is 0 Å². The second-order valence-corrected chi connectivity index (χ2v) is 8.60. The highest BCUT2D eigenvalue weighted by Crippen LogP contribution is 2.23. The molecule has 196 valence electrons. The van der Waals surface area contributed by atoms with Crippen molar-refractivity contribution in [2.75, 3.05) is 20.3 Å². The van der Waals surface area contributed by atoms with Gasteiger partial charge in [0.2, 0.25) is 5.89 Å². The number of oxazole rings is 1. The van der Waals surface area contributed by atoms with E-state index in [9.17, 15) is 9.90 Å². The van der Waals surface area contributed by atoms with Crippen LogP contribution >= 0.6 is 0 Å². The van der Waals surface area contributed by atoms with E-state index in [1.54, 1.807) is 31.4 Å². The highest BCUT2D eigenvalue weighted by atomic mass is 16.6. The van der Waals surface area contributed by atoms with Crippen LogP contribution in [0.25, 0.3) is 11.5 Å². The molecule has 8 heteroatoms. The zero-order valence-electron chi connectivity index (χ0n) is 21.4. The van der Waals surface area contributed by atoms with E-state index >= 15 is 0 Å². The average molecular weight is 515 g/mol. The molecular weight excluding hydrogens is 484 g/mol. The molecule has 4 rings (SSSR count). The van der Waals surface area contributed by atoms with Gasteiger partial charge >= 0.3 is 6.09 Å². The molecule has 0 saturated heterocycles. The highest BCUT2D eigenvalue weighted by molar-refractivity contribution is 5.71. The van der Waals surface area contributed by atoms with Crippen LogP contribution in [0.1, 0.15) is 17.0 Å². The average Bonchev–Trinajstić information content (AvgIpc) is 3.30. The number of carbonyl (C=O) groups excluding carboxylic acids is 1. The molecule has 4 aromatic rings. The van der Waals surface area contributed by atoms with Crippen LogP contribution in [0.2, 0.25) is 0 Å². The first-order valence-electron chi connectivity index (χ1n) is 12.1. The maximum atomic E-state index is 12.8. The van der Waals surface area contributed by atoms with Crippen molar-refractivity contribution in [1.29, 1.82) is 0 Å². The van der Waals surface area contributed by atoms with Gasteiger partial charge in [-0.05, 0) is 61.0 Å². The summed E-state index contributed by atoms with van der Waals surface area (Å²) in [5, 5.41) is 9.71. The predicted octanol–water partition coefficient (Wildman–Crippen LogP) is 6.35. The van der Waals surface area contributed by atoms with E-state index in [4.69, 9.17) is 18.6 Å². The molecule has 3 aromatic carbocycles. The molecule has 0 saturated carbocycles. The molecule has 0 spiro atoms. The summed E-state index contributed by atoms with van der Waals surface area (Å²) >= 11 is 0. The first-order chi connectivity index (χ1) is 18.4. The Morgan fingerprint density at radius 1 is 0.974 bits per heavy atom. The monoisotopic (exact) mass is 514 g/mol. The molecule has 0 unspecified atom stereocenters. The fourth-order valence-electron chi connectivity index (χ4n) is 3.76. The highest BCUT2D eigenvalue weighted by Gasteiger charge is 2.18. The van der Waals surface area contributed by atoms with Gasteiger partial charge in [-0.1, -0.05) is 36.9 Å². The molecule has 0 bridgehead atoms. The Kier molecular flexibility index (Phi) is 8.66. The zero-order chi connectivity index (χ0) is 26.9. The number of benzene rings is 3. The van der Waals surface area contributed by atoms with Crippen LogP contribution in [-0.2, 0) is 13.0 Å². The van der Waals surface area contributed by atoms with E-state index in [2.05, 4.69) is 11.6 Å². The number of methoxy groups -OCH3 is 1. The van der Waals surface area contributed by atoms with Gasteiger partial charge in [-0.2, -0.15) is 0 Å². The molecule has 0 radical (unpaired) electrons. The van der Waals surface area contributed by atoms with Crippen molar-refractivity contribution in [3.8, 4) is 28.7 Å². The number of ether oxygens (including phenoxy) is 3. The van der Waals surface area contributed by atoms with Crippen molar-refractivity contribution in [3.05, 3.63) is 108 Å². The van der Waals surface area contributed by atoms with Crippen molar-refractivity contribution < 1.29 is 28.5 Å². The van der Waals surface area contributed by atoms with E-state index in [0.717, 1.165) is 22.6 Å². The molecule has 38 heavy (non-hydrogen) atoms. The Labute approximate surface area is 221 Å². The van der Waals surface area contributed by atoms with Gasteiger partial charge in [0.1, 0.15) is 28.8 Å². The van der Waals surface area contributed by atoms with Crippen LogP contribution in [0.5, 0.6) is 17.2 Å². The van der Waals surface area contributed by atoms with Crippen LogP contribution in [0.15, 0.2) is 95.6 Å². The molecule has 0 aliphatic rings. The first-order valence-corrected chi connectivity index (χ1v) is 12.1. The van der Waals surface area contributed by atoms with E-state index in [1.807, 2.05) is 61.5 Å². The molecule has 0 aliphatic carbocycles. The predicted molar refractivity (Wildman–Crippen MR) is 144 cm³/mol. The Bertz CT molecular complexity index is 1350. The lowest BCUT2D eigenvalue weighted by Gasteiger charge is -2.21. The summed E-state index contributed by atoms with van der Waals surface area (Å²) in [5.41, 5.74) is 2.63. The van der Waals surface area contributed by atoms with Crippen LogP contribution in [-0.4, -0.2) is 41.3 Å². The van der Waals surface area contributed by atoms with Gasteiger partial charge in [-0.3, -0.25) is 4.90 Å². The summed E-state index contributed by atoms with van der Waals surface area (Å²) in [7, 11) is 1.56. The van der Waals surface area contributed by atoms with Gasteiger partial charge in [0, 0.05) is 18.5 Å². The van der Waals surface area contributed by atoms with Gasteiger partial charge in [0.05, 0.1) is 26.0 Å². The Morgan fingerprint density at radius 3 is 2.29 bits per heavy atom. The molecule has 1 amide bonds. The number of carbonyl (C=O) groups is 1. The molecule has 0 aliphatic heterocycles. The minimum atomic E-state index is -0.608. The van der Waals surface area contributed by atoms with Crippen LogP contribution in [0, 0.1) is 6.92 Å². The van der Waals surface area contributed by atoms with Crippen molar-refractivity contribution in [2.24, 2.45) is 0 Å². The van der Waals surface area contributed by atoms with E-state index in [0.29, 0.717) is 36.2 Å². The molecule has 1 N–H and O–H groups in total. The third-order valence-electron chi connectivity index (χ3n) is 5.71. The van der Waals surface area contributed by atoms with Crippen LogP contribution < -0.4 is 14.2 Å². The quantitative estimate of drug-likeness (QED) is 0.233. The lowest BCUT2D eigenvalue weighted by atomic mass is 10.2. The zero-order valence-corrected chi connectivity index (χ0v) is 21.4. The molecule has 0 fully saturated rings. The van der Waals surface area contributed by atoms with E-state index < -0.39 is 6.09 Å². The lowest BCUT2D eigenvalue weighted by molar-refractivity contribution is 0.147. The van der Waals surface area contributed by atoms with Crippen LogP contribution in [0.4, 0.5) is 4.79 Å². The van der Waals surface area contributed by atoms with Crippen molar-refractivity contribution in [2.45, 2.75) is 19.9 Å².